The summed E-state index contributed by atoms with van der Waals surface area (Å²) in [6, 6.07) is 12.8. The van der Waals surface area contributed by atoms with E-state index in [1.54, 1.807) is 7.11 Å². The number of likely N-dealkylation sites (tertiary alicyclic amines) is 1. The van der Waals surface area contributed by atoms with Crippen molar-refractivity contribution in [2.75, 3.05) is 20.2 Å². The van der Waals surface area contributed by atoms with Crippen LogP contribution in [0.4, 0.5) is 0 Å². The molecule has 1 aliphatic rings. The predicted octanol–water partition coefficient (Wildman–Crippen LogP) is 3.95. The van der Waals surface area contributed by atoms with Gasteiger partial charge in [0.25, 0.3) is 0 Å². The van der Waals surface area contributed by atoms with Gasteiger partial charge < -0.3 is 9.72 Å². The number of hydrogen-bond acceptors (Lipinski definition) is 3. The van der Waals surface area contributed by atoms with Crippen LogP contribution in [-0.4, -0.2) is 35.1 Å². The Morgan fingerprint density at radius 2 is 1.96 bits per heavy atom. The number of rotatable bonds is 4. The standard InChI is InChI=1S/C20H23N3O/c1-24-19-4-2-15(3-5-19)14-23-10-7-16(8-11-23)18-12-17-6-9-21-20(17)22-13-18/h2-6,9,12-13,16H,7-8,10-11,14H2,1H3,(H,21,22). The van der Waals surface area contributed by atoms with Gasteiger partial charge in [0.2, 0.25) is 0 Å². The second-order valence-corrected chi connectivity index (χ2v) is 6.58. The Kier molecular flexibility index (Phi) is 4.22. The zero-order chi connectivity index (χ0) is 16.4. The molecule has 4 heteroatoms. The van der Waals surface area contributed by atoms with E-state index in [1.165, 1.54) is 29.4 Å². The van der Waals surface area contributed by atoms with Gasteiger partial charge in [0.1, 0.15) is 11.4 Å². The molecule has 2 aromatic heterocycles. The lowest BCUT2D eigenvalue weighted by Gasteiger charge is -2.32. The molecule has 4 nitrogen and oxygen atoms in total. The molecule has 0 aliphatic carbocycles. The normalized spacial score (nSPS) is 16.5. The van der Waals surface area contributed by atoms with Gasteiger partial charge in [-0.05, 0) is 67.2 Å². The van der Waals surface area contributed by atoms with Crippen molar-refractivity contribution in [3.63, 3.8) is 0 Å². The molecule has 0 unspecified atom stereocenters. The summed E-state index contributed by atoms with van der Waals surface area (Å²) < 4.78 is 5.23. The third-order valence-electron chi connectivity index (χ3n) is 5.05. The van der Waals surface area contributed by atoms with Crippen LogP contribution in [0.1, 0.15) is 29.9 Å². The van der Waals surface area contributed by atoms with Crippen molar-refractivity contribution in [2.24, 2.45) is 0 Å². The van der Waals surface area contributed by atoms with Crippen LogP contribution < -0.4 is 4.74 Å². The van der Waals surface area contributed by atoms with Gasteiger partial charge in [-0.2, -0.15) is 0 Å². The molecule has 1 N–H and O–H groups in total. The van der Waals surface area contributed by atoms with Crippen LogP contribution in [0.25, 0.3) is 11.0 Å². The number of benzene rings is 1. The summed E-state index contributed by atoms with van der Waals surface area (Å²) in [6.07, 6.45) is 6.41. The third-order valence-corrected chi connectivity index (χ3v) is 5.05. The molecular weight excluding hydrogens is 298 g/mol. The number of aromatic amines is 1. The Hall–Kier alpha value is -2.33. The molecule has 0 spiro atoms. The number of methoxy groups -OCH3 is 1. The number of H-pyrrole nitrogens is 1. The van der Waals surface area contributed by atoms with E-state index < -0.39 is 0 Å². The summed E-state index contributed by atoms with van der Waals surface area (Å²) >= 11 is 0. The molecular formula is C20H23N3O. The Balaban J connectivity index is 1.37. The second kappa shape index (κ2) is 6.65. The fourth-order valence-electron chi connectivity index (χ4n) is 3.59. The van der Waals surface area contributed by atoms with E-state index in [9.17, 15) is 0 Å². The minimum atomic E-state index is 0.629. The van der Waals surface area contributed by atoms with Crippen molar-refractivity contribution in [3.8, 4) is 5.75 Å². The first-order valence-corrected chi connectivity index (χ1v) is 8.60. The number of fused-ring (bicyclic) bond motifs is 1. The van der Waals surface area contributed by atoms with Crippen LogP contribution in [0.3, 0.4) is 0 Å². The van der Waals surface area contributed by atoms with E-state index in [0.717, 1.165) is 31.0 Å². The summed E-state index contributed by atoms with van der Waals surface area (Å²) in [6.45, 7) is 3.30. The lowest BCUT2D eigenvalue weighted by molar-refractivity contribution is 0.204. The van der Waals surface area contributed by atoms with Crippen molar-refractivity contribution < 1.29 is 4.74 Å². The SMILES string of the molecule is COc1ccc(CN2CCC(c3cnc4[nH]ccc4c3)CC2)cc1. The maximum atomic E-state index is 5.23. The zero-order valence-electron chi connectivity index (χ0n) is 14.0. The van der Waals surface area contributed by atoms with Gasteiger partial charge >= 0.3 is 0 Å². The van der Waals surface area contributed by atoms with Gasteiger partial charge in [-0.3, -0.25) is 4.90 Å². The summed E-state index contributed by atoms with van der Waals surface area (Å²) in [7, 11) is 1.71. The monoisotopic (exact) mass is 321 g/mol. The fraction of sp³-hybridized carbons (Fsp3) is 0.350. The molecule has 24 heavy (non-hydrogen) atoms. The summed E-state index contributed by atoms with van der Waals surface area (Å²) in [5.74, 6) is 1.55. The average Bonchev–Trinajstić information content (AvgIpc) is 3.11. The molecule has 4 rings (SSSR count). The van der Waals surface area contributed by atoms with E-state index in [2.05, 4.69) is 39.1 Å². The quantitative estimate of drug-likeness (QED) is 0.791. The van der Waals surface area contributed by atoms with E-state index >= 15 is 0 Å². The number of hydrogen-bond donors (Lipinski definition) is 1. The Labute approximate surface area is 142 Å². The number of piperidine rings is 1. The maximum absolute atomic E-state index is 5.23. The summed E-state index contributed by atoms with van der Waals surface area (Å²) in [5.41, 5.74) is 3.71. The topological polar surface area (TPSA) is 41.1 Å². The van der Waals surface area contributed by atoms with Crippen molar-refractivity contribution in [1.82, 2.24) is 14.9 Å². The molecule has 1 aromatic carbocycles. The molecule has 0 bridgehead atoms. The highest BCUT2D eigenvalue weighted by Crippen LogP contribution is 2.29. The van der Waals surface area contributed by atoms with E-state index in [1.807, 2.05) is 24.5 Å². The smallest absolute Gasteiger partial charge is 0.137 e. The maximum Gasteiger partial charge on any atom is 0.137 e. The Morgan fingerprint density at radius 1 is 1.17 bits per heavy atom. The molecule has 0 saturated carbocycles. The highest BCUT2D eigenvalue weighted by molar-refractivity contribution is 5.75. The first kappa shape index (κ1) is 15.2. The predicted molar refractivity (Wildman–Crippen MR) is 96.3 cm³/mol. The van der Waals surface area contributed by atoms with Gasteiger partial charge in [-0.15, -0.1) is 0 Å². The van der Waals surface area contributed by atoms with Gasteiger partial charge in [-0.1, -0.05) is 12.1 Å². The number of nitrogens with zero attached hydrogens (tertiary/aromatic N) is 2. The van der Waals surface area contributed by atoms with E-state index in [4.69, 9.17) is 4.74 Å². The highest BCUT2D eigenvalue weighted by atomic mass is 16.5. The first-order valence-electron chi connectivity index (χ1n) is 8.60. The van der Waals surface area contributed by atoms with E-state index in [0.29, 0.717) is 5.92 Å². The number of aromatic nitrogens is 2. The number of pyridine rings is 1. The molecule has 3 heterocycles. The minimum Gasteiger partial charge on any atom is -0.497 e. The second-order valence-electron chi connectivity index (χ2n) is 6.58. The average molecular weight is 321 g/mol. The molecule has 0 atom stereocenters. The molecule has 1 fully saturated rings. The van der Waals surface area contributed by atoms with Gasteiger partial charge in [-0.25, -0.2) is 4.98 Å². The molecule has 0 amide bonds. The molecule has 3 aromatic rings. The zero-order valence-corrected chi connectivity index (χ0v) is 14.0. The fourth-order valence-corrected chi connectivity index (χ4v) is 3.59. The lowest BCUT2D eigenvalue weighted by atomic mass is 9.90. The van der Waals surface area contributed by atoms with Crippen LogP contribution in [0.5, 0.6) is 5.75 Å². The van der Waals surface area contributed by atoms with Crippen LogP contribution >= 0.6 is 0 Å². The highest BCUT2D eigenvalue weighted by Gasteiger charge is 2.21. The van der Waals surface area contributed by atoms with Gasteiger partial charge in [0, 0.05) is 24.3 Å². The van der Waals surface area contributed by atoms with E-state index in [-0.39, 0.29) is 0 Å². The molecule has 1 aliphatic heterocycles. The van der Waals surface area contributed by atoms with Crippen molar-refractivity contribution in [1.29, 1.82) is 0 Å². The van der Waals surface area contributed by atoms with Crippen LogP contribution in [0.15, 0.2) is 48.8 Å². The molecule has 1 saturated heterocycles. The summed E-state index contributed by atoms with van der Waals surface area (Å²) in [4.78, 5) is 10.2. The lowest BCUT2D eigenvalue weighted by Crippen LogP contribution is -2.32. The van der Waals surface area contributed by atoms with Crippen LogP contribution in [0, 0.1) is 0 Å². The summed E-state index contributed by atoms with van der Waals surface area (Å²) in [5, 5.41) is 1.22. The van der Waals surface area contributed by atoms with Crippen molar-refractivity contribution >= 4 is 11.0 Å². The number of nitrogens with one attached hydrogen (secondary N) is 1. The van der Waals surface area contributed by atoms with Crippen molar-refractivity contribution in [2.45, 2.75) is 25.3 Å². The third kappa shape index (κ3) is 3.15. The first-order chi connectivity index (χ1) is 11.8. The van der Waals surface area contributed by atoms with Crippen LogP contribution in [0.2, 0.25) is 0 Å². The van der Waals surface area contributed by atoms with Gasteiger partial charge in [0.05, 0.1) is 7.11 Å². The number of ether oxygens (including phenoxy) is 1. The van der Waals surface area contributed by atoms with Crippen LogP contribution in [-0.2, 0) is 6.54 Å². The minimum absolute atomic E-state index is 0.629. The van der Waals surface area contributed by atoms with Crippen molar-refractivity contribution in [3.05, 3.63) is 59.9 Å². The molecule has 0 radical (unpaired) electrons. The van der Waals surface area contributed by atoms with Gasteiger partial charge in [0.15, 0.2) is 0 Å². The Bertz CT molecular complexity index is 801. The molecule has 124 valence electrons. The largest absolute Gasteiger partial charge is 0.497 e. The Morgan fingerprint density at radius 3 is 2.71 bits per heavy atom.